The number of nitrogens with zero attached hydrogens (tertiary/aromatic N) is 6. The van der Waals surface area contributed by atoms with Gasteiger partial charge in [-0.15, -0.1) is 0 Å². The molecule has 0 saturated carbocycles. The van der Waals surface area contributed by atoms with E-state index in [1.807, 2.05) is 6.07 Å². The van der Waals surface area contributed by atoms with Crippen molar-refractivity contribution in [1.82, 2.24) is 24.3 Å². The summed E-state index contributed by atoms with van der Waals surface area (Å²) < 4.78 is 16.9. The Morgan fingerprint density at radius 2 is 1.87 bits per heavy atom. The number of halogens is 1. The van der Waals surface area contributed by atoms with Gasteiger partial charge in [-0.05, 0) is 24.1 Å². The standard InChI is InChI=1S/C23H19FN6O/c1-3-5-22-26-10-15(11-27-22)17-8-23(31)29(2)14-19(17)16-12-28-30(13-16)21-7-4-6-20(24)18(21)9-25/h4,6-8,10-14H,3,5H2,1-2H3. The normalized spacial score (nSPS) is 10.8. The first-order valence-electron chi connectivity index (χ1n) is 9.77. The zero-order chi connectivity index (χ0) is 22.0. The lowest BCUT2D eigenvalue weighted by molar-refractivity contribution is 0.621. The van der Waals surface area contributed by atoms with Crippen LogP contribution in [0.3, 0.4) is 0 Å². The maximum atomic E-state index is 14.0. The van der Waals surface area contributed by atoms with Crippen molar-refractivity contribution in [3.8, 4) is 34.0 Å². The summed E-state index contributed by atoms with van der Waals surface area (Å²) in [5.74, 6) is 0.142. The molecule has 0 N–H and O–H groups in total. The van der Waals surface area contributed by atoms with E-state index in [4.69, 9.17) is 0 Å². The molecule has 0 fully saturated rings. The van der Waals surface area contributed by atoms with Crippen molar-refractivity contribution in [2.45, 2.75) is 19.8 Å². The Morgan fingerprint density at radius 1 is 1.10 bits per heavy atom. The van der Waals surface area contributed by atoms with E-state index >= 15 is 0 Å². The predicted octanol–water partition coefficient (Wildman–Crippen LogP) is 3.66. The maximum Gasteiger partial charge on any atom is 0.250 e. The van der Waals surface area contributed by atoms with Crippen molar-refractivity contribution in [3.05, 3.63) is 82.8 Å². The molecular formula is C23H19FN6O. The molecule has 3 aromatic heterocycles. The van der Waals surface area contributed by atoms with Gasteiger partial charge in [-0.1, -0.05) is 13.0 Å². The van der Waals surface area contributed by atoms with Crippen molar-refractivity contribution in [2.24, 2.45) is 7.05 Å². The lowest BCUT2D eigenvalue weighted by atomic mass is 10.0. The van der Waals surface area contributed by atoms with Crippen LogP contribution in [0.4, 0.5) is 4.39 Å². The summed E-state index contributed by atoms with van der Waals surface area (Å²) in [6.45, 7) is 2.06. The van der Waals surface area contributed by atoms with E-state index in [0.29, 0.717) is 22.4 Å². The first kappa shape index (κ1) is 20.2. The SMILES string of the molecule is CCCc1ncc(-c2cc(=O)n(C)cc2-c2cnn(-c3cccc(F)c3C#N)c2)cn1. The average molecular weight is 414 g/mol. The molecule has 0 aliphatic heterocycles. The van der Waals surface area contributed by atoms with Gasteiger partial charge in [-0.3, -0.25) is 4.79 Å². The quantitative estimate of drug-likeness (QED) is 0.497. The molecule has 3 heterocycles. The largest absolute Gasteiger partial charge is 0.318 e. The minimum atomic E-state index is -0.607. The van der Waals surface area contributed by atoms with Gasteiger partial charge in [-0.2, -0.15) is 10.4 Å². The molecule has 0 radical (unpaired) electrons. The van der Waals surface area contributed by atoms with Gasteiger partial charge in [0.25, 0.3) is 5.56 Å². The van der Waals surface area contributed by atoms with Crippen molar-refractivity contribution in [1.29, 1.82) is 5.26 Å². The average Bonchev–Trinajstić information content (AvgIpc) is 3.26. The number of aromatic nitrogens is 5. The monoisotopic (exact) mass is 414 g/mol. The summed E-state index contributed by atoms with van der Waals surface area (Å²) in [7, 11) is 1.67. The first-order valence-corrected chi connectivity index (χ1v) is 9.77. The highest BCUT2D eigenvalue weighted by atomic mass is 19.1. The number of nitriles is 1. The molecule has 0 aliphatic rings. The van der Waals surface area contributed by atoms with Crippen LogP contribution < -0.4 is 5.56 Å². The number of hydrogen-bond acceptors (Lipinski definition) is 5. The fourth-order valence-electron chi connectivity index (χ4n) is 3.35. The molecule has 0 saturated heterocycles. The molecule has 31 heavy (non-hydrogen) atoms. The minimum Gasteiger partial charge on any atom is -0.318 e. The van der Waals surface area contributed by atoms with E-state index in [2.05, 4.69) is 22.0 Å². The summed E-state index contributed by atoms with van der Waals surface area (Å²) in [5, 5.41) is 13.6. The molecule has 1 aromatic carbocycles. The zero-order valence-electron chi connectivity index (χ0n) is 17.1. The molecule has 4 rings (SSSR count). The van der Waals surface area contributed by atoms with Crippen LogP contribution in [0.25, 0.3) is 27.9 Å². The van der Waals surface area contributed by atoms with E-state index in [1.54, 1.807) is 44.1 Å². The Balaban J connectivity index is 1.83. The van der Waals surface area contributed by atoms with E-state index in [9.17, 15) is 14.4 Å². The smallest absolute Gasteiger partial charge is 0.250 e. The van der Waals surface area contributed by atoms with Crippen molar-refractivity contribution < 1.29 is 4.39 Å². The Labute approximate surface area is 178 Å². The maximum absolute atomic E-state index is 14.0. The highest BCUT2D eigenvalue weighted by Gasteiger charge is 2.15. The van der Waals surface area contributed by atoms with Crippen LogP contribution in [0, 0.1) is 17.1 Å². The van der Waals surface area contributed by atoms with Gasteiger partial charge in [0, 0.05) is 61.0 Å². The van der Waals surface area contributed by atoms with E-state index in [0.717, 1.165) is 24.2 Å². The number of pyridine rings is 1. The summed E-state index contributed by atoms with van der Waals surface area (Å²) >= 11 is 0. The highest BCUT2D eigenvalue weighted by molar-refractivity contribution is 5.81. The van der Waals surface area contributed by atoms with Crippen LogP contribution in [0.5, 0.6) is 0 Å². The summed E-state index contributed by atoms with van der Waals surface area (Å²) in [6, 6.07) is 7.81. The molecule has 7 nitrogen and oxygen atoms in total. The summed E-state index contributed by atoms with van der Waals surface area (Å²) in [5.41, 5.74) is 2.92. The van der Waals surface area contributed by atoms with Crippen LogP contribution in [0.2, 0.25) is 0 Å². The third-order valence-corrected chi connectivity index (χ3v) is 4.96. The first-order chi connectivity index (χ1) is 15.0. The lowest BCUT2D eigenvalue weighted by Gasteiger charge is -2.10. The second-order valence-electron chi connectivity index (χ2n) is 7.11. The summed E-state index contributed by atoms with van der Waals surface area (Å²) in [6.07, 6.45) is 10.2. The Hall–Kier alpha value is -4.12. The zero-order valence-corrected chi connectivity index (χ0v) is 17.1. The molecule has 0 aliphatic carbocycles. The van der Waals surface area contributed by atoms with E-state index < -0.39 is 5.82 Å². The lowest BCUT2D eigenvalue weighted by Crippen LogP contribution is -2.15. The molecular weight excluding hydrogens is 395 g/mol. The van der Waals surface area contributed by atoms with Crippen molar-refractivity contribution >= 4 is 0 Å². The van der Waals surface area contributed by atoms with Crippen LogP contribution in [-0.2, 0) is 13.5 Å². The van der Waals surface area contributed by atoms with Gasteiger partial charge in [0.1, 0.15) is 23.3 Å². The Bertz CT molecular complexity index is 1350. The molecule has 0 atom stereocenters. The van der Waals surface area contributed by atoms with E-state index in [1.165, 1.54) is 27.4 Å². The van der Waals surface area contributed by atoms with Gasteiger partial charge in [0.2, 0.25) is 0 Å². The molecule has 154 valence electrons. The van der Waals surface area contributed by atoms with Crippen LogP contribution in [0.1, 0.15) is 24.7 Å². The molecule has 0 amide bonds. The van der Waals surface area contributed by atoms with E-state index in [-0.39, 0.29) is 11.1 Å². The van der Waals surface area contributed by atoms with Gasteiger partial charge in [0.05, 0.1) is 11.9 Å². The number of aryl methyl sites for hydroxylation is 2. The van der Waals surface area contributed by atoms with Crippen molar-refractivity contribution in [3.63, 3.8) is 0 Å². The number of hydrogen-bond donors (Lipinski definition) is 0. The van der Waals surface area contributed by atoms with Crippen molar-refractivity contribution in [2.75, 3.05) is 0 Å². The second kappa shape index (κ2) is 8.32. The third-order valence-electron chi connectivity index (χ3n) is 4.96. The topological polar surface area (TPSA) is 89.4 Å². The summed E-state index contributed by atoms with van der Waals surface area (Å²) in [4.78, 5) is 21.1. The molecule has 0 unspecified atom stereocenters. The molecule has 8 heteroatoms. The molecule has 0 spiro atoms. The van der Waals surface area contributed by atoms with Gasteiger partial charge in [-0.25, -0.2) is 19.0 Å². The Morgan fingerprint density at radius 3 is 2.58 bits per heavy atom. The molecule has 0 bridgehead atoms. The Kier molecular flexibility index (Phi) is 5.41. The number of benzene rings is 1. The minimum absolute atomic E-state index is 0.0854. The molecule has 4 aromatic rings. The van der Waals surface area contributed by atoms with Crippen LogP contribution in [-0.4, -0.2) is 24.3 Å². The van der Waals surface area contributed by atoms with Gasteiger partial charge >= 0.3 is 0 Å². The van der Waals surface area contributed by atoms with Crippen LogP contribution in [0.15, 0.2) is 60.0 Å². The predicted molar refractivity (Wildman–Crippen MR) is 114 cm³/mol. The third kappa shape index (κ3) is 3.85. The highest BCUT2D eigenvalue weighted by Crippen LogP contribution is 2.31. The number of rotatable bonds is 5. The van der Waals surface area contributed by atoms with Crippen LogP contribution >= 0.6 is 0 Å². The fraction of sp³-hybridized carbons (Fsp3) is 0.174. The van der Waals surface area contributed by atoms with Gasteiger partial charge < -0.3 is 4.57 Å². The van der Waals surface area contributed by atoms with Gasteiger partial charge in [0.15, 0.2) is 0 Å². The second-order valence-corrected chi connectivity index (χ2v) is 7.11. The fourth-order valence-corrected chi connectivity index (χ4v) is 3.35.